The lowest BCUT2D eigenvalue weighted by Gasteiger charge is -2.38. The van der Waals surface area contributed by atoms with Gasteiger partial charge in [0.05, 0.1) is 5.92 Å². The number of ether oxygens (including phenoxy) is 1. The molecule has 1 aliphatic heterocycles. The average molecular weight is 477 g/mol. The number of amides is 2. The van der Waals surface area contributed by atoms with Crippen LogP contribution in [-0.2, 0) is 14.3 Å². The van der Waals surface area contributed by atoms with Crippen LogP contribution >= 0.6 is 0 Å². The summed E-state index contributed by atoms with van der Waals surface area (Å²) in [6.45, 7) is 4.83. The molecular weight excluding hydrogens is 444 g/mol. The lowest BCUT2D eigenvalue weighted by molar-refractivity contribution is -0.141. The standard InChI is InChI=1S/C28H32N2O5/c1-3-27(2,25(33)30-14-12-28(13-15-30)16-23(28)24(31)32)29-26(34)35-17-22-20-10-6-4-8-18(20)19-9-5-7-11-21(19)22/h4-11,22-23H,3,12-17H2,1-2H3,(H,29,34)(H,31,32). The molecule has 2 fully saturated rings. The normalized spacial score (nSPS) is 21.5. The second-order valence-corrected chi connectivity index (χ2v) is 10.4. The van der Waals surface area contributed by atoms with E-state index in [0.29, 0.717) is 38.8 Å². The zero-order valence-electron chi connectivity index (χ0n) is 20.3. The van der Waals surface area contributed by atoms with E-state index in [1.54, 1.807) is 11.8 Å². The van der Waals surface area contributed by atoms with Gasteiger partial charge in [-0.15, -0.1) is 0 Å². The molecule has 0 aromatic heterocycles. The van der Waals surface area contributed by atoms with Crippen LogP contribution in [-0.4, -0.2) is 53.2 Å². The lowest BCUT2D eigenvalue weighted by atomic mass is 9.88. The van der Waals surface area contributed by atoms with E-state index >= 15 is 0 Å². The van der Waals surface area contributed by atoms with Crippen LogP contribution in [0.3, 0.4) is 0 Å². The quantitative estimate of drug-likeness (QED) is 0.644. The molecule has 7 nitrogen and oxygen atoms in total. The molecule has 184 valence electrons. The number of alkyl carbamates (subject to hydrolysis) is 1. The SMILES string of the molecule is CCC(C)(NC(=O)OCC1c2ccccc2-c2ccccc21)C(=O)N1CCC2(CC1)CC2C(=O)O. The smallest absolute Gasteiger partial charge is 0.408 e. The molecule has 0 bridgehead atoms. The summed E-state index contributed by atoms with van der Waals surface area (Å²) in [5, 5.41) is 12.1. The largest absolute Gasteiger partial charge is 0.481 e. The number of hydrogen-bond acceptors (Lipinski definition) is 4. The number of carboxylic acids is 1. The second-order valence-electron chi connectivity index (χ2n) is 10.4. The maximum absolute atomic E-state index is 13.4. The van der Waals surface area contributed by atoms with E-state index < -0.39 is 17.6 Å². The topological polar surface area (TPSA) is 95.9 Å². The predicted octanol–water partition coefficient (Wildman–Crippen LogP) is 4.41. The third kappa shape index (κ3) is 4.07. The number of likely N-dealkylation sites (tertiary alicyclic amines) is 1. The van der Waals surface area contributed by atoms with Crippen LogP contribution in [0.4, 0.5) is 4.79 Å². The van der Waals surface area contributed by atoms with Gasteiger partial charge in [0.2, 0.25) is 5.91 Å². The zero-order chi connectivity index (χ0) is 24.8. The number of carboxylic acid groups (broad SMARTS) is 1. The first-order valence-corrected chi connectivity index (χ1v) is 12.4. The minimum Gasteiger partial charge on any atom is -0.481 e. The van der Waals surface area contributed by atoms with Crippen molar-refractivity contribution in [1.29, 1.82) is 0 Å². The van der Waals surface area contributed by atoms with Crippen molar-refractivity contribution >= 4 is 18.0 Å². The van der Waals surface area contributed by atoms with Gasteiger partial charge in [0.25, 0.3) is 0 Å². The molecule has 2 atom stereocenters. The zero-order valence-corrected chi connectivity index (χ0v) is 20.3. The van der Waals surface area contributed by atoms with Crippen LogP contribution in [0.25, 0.3) is 11.1 Å². The van der Waals surface area contributed by atoms with Gasteiger partial charge in [-0.3, -0.25) is 9.59 Å². The number of carbonyl (C=O) groups excluding carboxylic acids is 2. The van der Waals surface area contributed by atoms with Gasteiger partial charge in [-0.1, -0.05) is 55.5 Å². The highest BCUT2D eigenvalue weighted by Crippen LogP contribution is 2.59. The van der Waals surface area contributed by atoms with Gasteiger partial charge in [0, 0.05) is 19.0 Å². The van der Waals surface area contributed by atoms with E-state index in [1.165, 1.54) is 0 Å². The summed E-state index contributed by atoms with van der Waals surface area (Å²) in [5.74, 6) is -1.21. The molecule has 2 unspecified atom stereocenters. The van der Waals surface area contributed by atoms with Crippen LogP contribution < -0.4 is 5.32 Å². The van der Waals surface area contributed by atoms with E-state index in [0.717, 1.165) is 22.3 Å². The maximum Gasteiger partial charge on any atom is 0.408 e. The summed E-state index contributed by atoms with van der Waals surface area (Å²) in [7, 11) is 0. The minimum absolute atomic E-state index is 0.0456. The van der Waals surface area contributed by atoms with Crippen LogP contribution in [0.2, 0.25) is 0 Å². The van der Waals surface area contributed by atoms with Crippen LogP contribution in [0.1, 0.15) is 56.6 Å². The number of benzene rings is 2. The van der Waals surface area contributed by atoms with E-state index in [4.69, 9.17) is 4.74 Å². The molecule has 35 heavy (non-hydrogen) atoms. The molecule has 5 rings (SSSR count). The summed E-state index contributed by atoms with van der Waals surface area (Å²) >= 11 is 0. The van der Waals surface area contributed by atoms with Gasteiger partial charge in [-0.05, 0) is 60.3 Å². The highest BCUT2D eigenvalue weighted by molar-refractivity contribution is 5.90. The van der Waals surface area contributed by atoms with Crippen molar-refractivity contribution in [2.24, 2.45) is 11.3 Å². The van der Waals surface area contributed by atoms with Gasteiger partial charge >= 0.3 is 12.1 Å². The van der Waals surface area contributed by atoms with Gasteiger partial charge < -0.3 is 20.1 Å². The number of carbonyl (C=O) groups is 3. The van der Waals surface area contributed by atoms with Gasteiger partial charge in [-0.2, -0.15) is 0 Å². The Morgan fingerprint density at radius 1 is 1.06 bits per heavy atom. The Hall–Kier alpha value is -3.35. The number of nitrogens with zero attached hydrogens (tertiary/aromatic N) is 1. The van der Waals surface area contributed by atoms with E-state index in [-0.39, 0.29) is 29.8 Å². The molecule has 2 aromatic carbocycles. The number of piperidine rings is 1. The highest BCUT2D eigenvalue weighted by atomic mass is 16.5. The molecule has 7 heteroatoms. The Kier molecular flexibility index (Phi) is 5.82. The van der Waals surface area contributed by atoms with Gasteiger partial charge in [0.15, 0.2) is 0 Å². The van der Waals surface area contributed by atoms with Crippen LogP contribution in [0.15, 0.2) is 48.5 Å². The van der Waals surface area contributed by atoms with Gasteiger partial charge in [0.1, 0.15) is 12.1 Å². The molecule has 1 heterocycles. The van der Waals surface area contributed by atoms with Crippen molar-refractivity contribution in [1.82, 2.24) is 10.2 Å². The first-order chi connectivity index (χ1) is 16.8. The Balaban J connectivity index is 1.21. The molecule has 3 aliphatic rings. The van der Waals surface area contributed by atoms with Crippen molar-refractivity contribution in [3.05, 3.63) is 59.7 Å². The molecule has 1 spiro atoms. The first-order valence-electron chi connectivity index (χ1n) is 12.4. The Labute approximate surface area is 205 Å². The second kappa shape index (κ2) is 8.70. The third-order valence-corrected chi connectivity index (χ3v) is 8.44. The van der Waals surface area contributed by atoms with E-state index in [1.807, 2.05) is 31.2 Å². The van der Waals surface area contributed by atoms with Crippen molar-refractivity contribution in [2.75, 3.05) is 19.7 Å². The van der Waals surface area contributed by atoms with Crippen molar-refractivity contribution < 1.29 is 24.2 Å². The van der Waals surface area contributed by atoms with Crippen molar-refractivity contribution in [2.45, 2.75) is 51.0 Å². The molecule has 1 saturated carbocycles. The minimum atomic E-state index is -1.08. The summed E-state index contributed by atoms with van der Waals surface area (Å²) in [6.07, 6.45) is 1.91. The fourth-order valence-electron chi connectivity index (χ4n) is 5.91. The fourth-order valence-corrected chi connectivity index (χ4v) is 5.91. The molecule has 2 N–H and O–H groups in total. The van der Waals surface area contributed by atoms with Crippen molar-refractivity contribution in [3.63, 3.8) is 0 Å². The predicted molar refractivity (Wildman–Crippen MR) is 131 cm³/mol. The van der Waals surface area contributed by atoms with Crippen LogP contribution in [0, 0.1) is 11.3 Å². The Bertz CT molecular complexity index is 1120. The number of rotatable bonds is 6. The Morgan fingerprint density at radius 3 is 2.14 bits per heavy atom. The van der Waals surface area contributed by atoms with Crippen LogP contribution in [0.5, 0.6) is 0 Å². The summed E-state index contributed by atoms with van der Waals surface area (Å²) in [6, 6.07) is 16.3. The van der Waals surface area contributed by atoms with Crippen molar-refractivity contribution in [3.8, 4) is 11.1 Å². The summed E-state index contributed by atoms with van der Waals surface area (Å²) in [5.41, 5.74) is 3.37. The fraction of sp³-hybridized carbons (Fsp3) is 0.464. The number of hydrogen-bond donors (Lipinski definition) is 2. The molecule has 2 aromatic rings. The molecule has 1 saturated heterocycles. The summed E-state index contributed by atoms with van der Waals surface area (Å²) in [4.78, 5) is 39.3. The third-order valence-electron chi connectivity index (χ3n) is 8.44. The monoisotopic (exact) mass is 476 g/mol. The molecule has 2 aliphatic carbocycles. The van der Waals surface area contributed by atoms with E-state index in [2.05, 4.69) is 29.6 Å². The molecule has 2 amide bonds. The first kappa shape index (κ1) is 23.4. The lowest BCUT2D eigenvalue weighted by Crippen LogP contribution is -2.59. The molecule has 0 radical (unpaired) electrons. The highest BCUT2D eigenvalue weighted by Gasteiger charge is 2.59. The Morgan fingerprint density at radius 2 is 1.63 bits per heavy atom. The van der Waals surface area contributed by atoms with E-state index in [9.17, 15) is 19.5 Å². The number of fused-ring (bicyclic) bond motifs is 3. The molecular formula is C28H32N2O5. The number of aliphatic carboxylic acids is 1. The number of nitrogens with one attached hydrogen (secondary N) is 1. The average Bonchev–Trinajstić information content (AvgIpc) is 3.48. The maximum atomic E-state index is 13.4. The van der Waals surface area contributed by atoms with Gasteiger partial charge in [-0.25, -0.2) is 4.79 Å². The summed E-state index contributed by atoms with van der Waals surface area (Å²) < 4.78 is 5.67.